The summed E-state index contributed by atoms with van der Waals surface area (Å²) in [5.41, 5.74) is 0.984. The number of halogens is 1. The Morgan fingerprint density at radius 3 is 2.43 bits per heavy atom. The van der Waals surface area contributed by atoms with Crippen molar-refractivity contribution in [1.29, 1.82) is 0 Å². The van der Waals surface area contributed by atoms with E-state index in [1.807, 2.05) is 34.6 Å². The minimum Gasteiger partial charge on any atom is -0.458 e. The molecular formula is C19H31FN3O3S2+. The van der Waals surface area contributed by atoms with E-state index in [0.717, 1.165) is 3.97 Å². The molecule has 0 spiro atoms. The molecule has 0 aliphatic carbocycles. The summed E-state index contributed by atoms with van der Waals surface area (Å²) >= 11 is -1.35. The number of hydrogen-bond donors (Lipinski definition) is 1. The van der Waals surface area contributed by atoms with E-state index >= 15 is 0 Å². The third-order valence-corrected chi connectivity index (χ3v) is 4.92. The number of rotatable bonds is 7. The first-order valence-electron chi connectivity index (χ1n) is 8.92. The van der Waals surface area contributed by atoms with Crippen LogP contribution in [-0.4, -0.2) is 37.3 Å². The molecule has 1 atom stereocenters. The van der Waals surface area contributed by atoms with Gasteiger partial charge in [-0.25, -0.2) is 13.8 Å². The van der Waals surface area contributed by atoms with Gasteiger partial charge in [0.1, 0.15) is 17.7 Å². The average Bonchev–Trinajstić information content (AvgIpc) is 2.94. The Labute approximate surface area is 175 Å². The molecule has 0 amide bonds. The van der Waals surface area contributed by atoms with Crippen LogP contribution in [0.3, 0.4) is 0 Å². The van der Waals surface area contributed by atoms with E-state index in [1.165, 1.54) is 18.4 Å². The van der Waals surface area contributed by atoms with Crippen molar-refractivity contribution in [3.05, 3.63) is 30.0 Å². The first kappa shape index (κ1) is 26.4. The smallest absolute Gasteiger partial charge is 0.356 e. The predicted octanol–water partition coefficient (Wildman–Crippen LogP) is 5.90. The molecule has 1 rings (SSSR count). The molecule has 0 fully saturated rings. The van der Waals surface area contributed by atoms with Crippen molar-refractivity contribution in [3.8, 4) is 0 Å². The normalized spacial score (nSPS) is 13.3. The molecule has 0 bridgehead atoms. The number of aromatic nitrogens is 1. The minimum absolute atomic E-state index is 0.0550. The summed E-state index contributed by atoms with van der Waals surface area (Å²) in [7, 11) is 0. The van der Waals surface area contributed by atoms with Gasteiger partial charge in [-0.3, -0.25) is 0 Å². The standard InChI is InChI=1S/C17H25FN3O3S2.C2H6/c1-8-13(10-19-26(23)17(5,6)7)20-15-12(4)9-14(21(15)25-18)16(22)24-11(2)3;1-2/h8-11,23H,1H2,2-7H3;1-2H3/q+1;/b19-10+,20-13+;. The van der Waals surface area contributed by atoms with E-state index in [9.17, 15) is 13.2 Å². The first-order valence-corrected chi connectivity index (χ1v) is 10.7. The van der Waals surface area contributed by atoms with Crippen molar-refractivity contribution in [2.45, 2.75) is 66.2 Å². The number of ether oxygens (including phenoxy) is 1. The highest BCUT2D eigenvalue weighted by molar-refractivity contribution is 7.93. The van der Waals surface area contributed by atoms with Crippen LogP contribution >= 0.6 is 12.3 Å². The van der Waals surface area contributed by atoms with Crippen molar-refractivity contribution in [3.63, 3.8) is 0 Å². The largest absolute Gasteiger partial charge is 0.458 e. The second-order valence-electron chi connectivity index (χ2n) is 6.71. The molecule has 0 saturated carbocycles. The van der Waals surface area contributed by atoms with Gasteiger partial charge in [0.2, 0.25) is 0 Å². The summed E-state index contributed by atoms with van der Waals surface area (Å²) in [4.78, 5) is 16.5. The highest BCUT2D eigenvalue weighted by atomic mass is 32.2. The highest BCUT2D eigenvalue weighted by Crippen LogP contribution is 2.30. The Bertz CT molecular complexity index is 723. The molecule has 0 aromatic carbocycles. The quantitative estimate of drug-likeness (QED) is 0.330. The van der Waals surface area contributed by atoms with Crippen LogP contribution in [0.5, 0.6) is 0 Å². The highest BCUT2D eigenvalue weighted by Gasteiger charge is 2.34. The van der Waals surface area contributed by atoms with Crippen LogP contribution in [0.2, 0.25) is 0 Å². The van der Waals surface area contributed by atoms with E-state index < -0.39 is 22.1 Å². The number of esters is 1. The summed E-state index contributed by atoms with van der Waals surface area (Å²) in [5.74, 6) is -0.392. The van der Waals surface area contributed by atoms with Crippen molar-refractivity contribution >= 4 is 47.4 Å². The van der Waals surface area contributed by atoms with Gasteiger partial charge in [0.25, 0.3) is 11.4 Å². The number of nitrogens with zero attached hydrogens (tertiary/aromatic N) is 3. The fourth-order valence-electron chi connectivity index (χ4n) is 1.73. The Hall–Kier alpha value is -1.58. The van der Waals surface area contributed by atoms with Gasteiger partial charge in [-0.15, -0.1) is 3.89 Å². The third kappa shape index (κ3) is 7.81. The number of carbonyl (C=O) groups excluding carboxylic acids is 1. The van der Waals surface area contributed by atoms with Gasteiger partial charge in [0, 0.05) is 0 Å². The zero-order chi connectivity index (χ0) is 22.1. The van der Waals surface area contributed by atoms with Crippen LogP contribution in [0.4, 0.5) is 9.70 Å². The molecule has 1 unspecified atom stereocenters. The first-order chi connectivity index (χ1) is 13.0. The second kappa shape index (κ2) is 12.1. The molecule has 1 N–H and O–H groups in total. The number of hydrogen-bond acceptors (Lipinski definition) is 6. The van der Waals surface area contributed by atoms with Crippen LogP contribution < -0.4 is 0 Å². The van der Waals surface area contributed by atoms with Gasteiger partial charge in [0.05, 0.1) is 11.8 Å². The number of carbonyl (C=O) groups is 1. The average molecular weight is 433 g/mol. The lowest BCUT2D eigenvalue weighted by Gasteiger charge is -2.09. The second-order valence-corrected chi connectivity index (χ2v) is 9.17. The summed E-state index contributed by atoms with van der Waals surface area (Å²) in [6.07, 6.45) is 2.50. The predicted molar refractivity (Wildman–Crippen MR) is 121 cm³/mol. The van der Waals surface area contributed by atoms with Crippen molar-refractivity contribution in [1.82, 2.24) is 3.97 Å². The molecule has 1 aromatic heterocycles. The lowest BCUT2D eigenvalue weighted by molar-refractivity contribution is 0.0370. The maximum Gasteiger partial charge on any atom is 0.356 e. The summed E-state index contributed by atoms with van der Waals surface area (Å²) < 4.78 is 33.4. The van der Waals surface area contributed by atoms with Gasteiger partial charge in [-0.1, -0.05) is 20.4 Å². The lowest BCUT2D eigenvalue weighted by Crippen LogP contribution is -2.25. The number of aliphatic imine (C=N–C) groups is 1. The lowest BCUT2D eigenvalue weighted by atomic mass is 10.3. The Morgan fingerprint density at radius 1 is 1.43 bits per heavy atom. The van der Waals surface area contributed by atoms with Crippen LogP contribution in [0, 0.1) is 6.92 Å². The van der Waals surface area contributed by atoms with Crippen LogP contribution in [0.1, 0.15) is 64.5 Å². The molecule has 28 heavy (non-hydrogen) atoms. The SMILES string of the molecule is C=CC(/C=N/[S+](O)C(C)(C)C)=N\c1c(C)cc(C(=O)OC(C)C)n1SF.CC. The topological polar surface area (TPSA) is 76.2 Å². The van der Waals surface area contributed by atoms with E-state index in [-0.39, 0.29) is 29.9 Å². The molecule has 0 aliphatic rings. The molecule has 0 saturated heterocycles. The fraction of sp³-hybridized carbons (Fsp3) is 0.526. The minimum atomic E-state index is -1.21. The van der Waals surface area contributed by atoms with E-state index in [1.54, 1.807) is 20.8 Å². The molecule has 1 heterocycles. The van der Waals surface area contributed by atoms with Crippen LogP contribution in [0.25, 0.3) is 0 Å². The Balaban J connectivity index is 0.00000352. The van der Waals surface area contributed by atoms with Gasteiger partial charge in [-0.05, 0) is 63.6 Å². The molecule has 6 nitrogen and oxygen atoms in total. The number of aryl methyl sites for hydroxylation is 1. The maximum atomic E-state index is 13.5. The van der Waals surface area contributed by atoms with Gasteiger partial charge in [0.15, 0.2) is 17.1 Å². The Morgan fingerprint density at radius 2 is 2.00 bits per heavy atom. The van der Waals surface area contributed by atoms with E-state index in [2.05, 4.69) is 16.0 Å². The monoisotopic (exact) mass is 432 g/mol. The molecule has 0 radical (unpaired) electrons. The summed E-state index contributed by atoms with van der Waals surface area (Å²) in [5, 5.41) is 0. The van der Waals surface area contributed by atoms with Crippen molar-refractivity contribution in [2.24, 2.45) is 9.39 Å². The van der Waals surface area contributed by atoms with Crippen molar-refractivity contribution < 1.29 is 18.0 Å². The van der Waals surface area contributed by atoms with Gasteiger partial charge < -0.3 is 4.74 Å². The van der Waals surface area contributed by atoms with Crippen LogP contribution in [-0.2, 0) is 16.1 Å². The molecule has 0 aliphatic heterocycles. The summed E-state index contributed by atoms with van der Waals surface area (Å²) in [6.45, 7) is 18.4. The molecule has 9 heteroatoms. The molecule has 1 aromatic rings. The van der Waals surface area contributed by atoms with E-state index in [4.69, 9.17) is 4.74 Å². The third-order valence-electron chi connectivity index (χ3n) is 3.01. The van der Waals surface area contributed by atoms with Gasteiger partial charge in [-0.2, -0.15) is 4.55 Å². The molecular weight excluding hydrogens is 401 g/mol. The van der Waals surface area contributed by atoms with E-state index in [0.29, 0.717) is 11.3 Å². The Kier molecular flexibility index (Phi) is 11.4. The van der Waals surface area contributed by atoms with Gasteiger partial charge >= 0.3 is 5.97 Å². The summed E-state index contributed by atoms with van der Waals surface area (Å²) in [6, 6.07) is 1.51. The fourth-order valence-corrected chi connectivity index (χ4v) is 2.71. The van der Waals surface area contributed by atoms with Crippen molar-refractivity contribution in [2.75, 3.05) is 0 Å². The molecule has 158 valence electrons. The van der Waals surface area contributed by atoms with Crippen LogP contribution in [0.15, 0.2) is 28.1 Å². The zero-order valence-corrected chi connectivity index (χ0v) is 19.4. The zero-order valence-electron chi connectivity index (χ0n) is 17.8. The maximum absolute atomic E-state index is 13.5. The number of allylic oxidation sites excluding steroid dienone is 1.